The Morgan fingerprint density at radius 2 is 1.90 bits per heavy atom. The maximum absolute atomic E-state index is 12.5. The summed E-state index contributed by atoms with van der Waals surface area (Å²) >= 11 is 0. The van der Waals surface area contributed by atoms with Crippen LogP contribution in [-0.2, 0) is 14.8 Å². The van der Waals surface area contributed by atoms with Crippen molar-refractivity contribution in [2.24, 2.45) is 0 Å². The van der Waals surface area contributed by atoms with Crippen molar-refractivity contribution in [2.75, 3.05) is 22.4 Å². The third-order valence-corrected chi connectivity index (χ3v) is 5.08. The highest BCUT2D eigenvalue weighted by Crippen LogP contribution is 2.26. The molecule has 0 aliphatic carbocycles. The molecule has 0 atom stereocenters. The van der Waals surface area contributed by atoms with Crippen molar-refractivity contribution in [3.63, 3.8) is 0 Å². The van der Waals surface area contributed by atoms with Crippen LogP contribution in [0.3, 0.4) is 0 Å². The number of sulfonamides is 1. The van der Waals surface area contributed by atoms with Gasteiger partial charge in [-0.2, -0.15) is 0 Å². The second kappa shape index (κ2) is 8.91. The summed E-state index contributed by atoms with van der Waals surface area (Å²) in [7, 11) is -3.77. The van der Waals surface area contributed by atoms with Crippen LogP contribution >= 0.6 is 0 Å². The molecule has 9 nitrogen and oxygen atoms in total. The van der Waals surface area contributed by atoms with Gasteiger partial charge in [0.2, 0.25) is 15.9 Å². The van der Waals surface area contributed by atoms with Gasteiger partial charge in [0.05, 0.1) is 34.2 Å². The molecule has 2 aromatic rings. The average molecular weight is 421 g/mol. The molecule has 2 rings (SSSR count). The zero-order valence-electron chi connectivity index (χ0n) is 16.6. The van der Waals surface area contributed by atoms with E-state index in [0.717, 1.165) is 10.6 Å². The van der Waals surface area contributed by atoms with E-state index in [0.29, 0.717) is 5.75 Å². The molecule has 1 N–H and O–H groups in total. The van der Waals surface area contributed by atoms with Gasteiger partial charge >= 0.3 is 0 Å². The molecule has 1 amide bonds. The maximum atomic E-state index is 12.5. The number of ether oxygens (including phenoxy) is 1. The SMILES string of the molecule is Cc1c(NC(=O)CN(c2cccc(OC(C)C)c2)S(C)(=O)=O)cccc1[N+](=O)[O-]. The second-order valence-electron chi connectivity index (χ2n) is 6.69. The summed E-state index contributed by atoms with van der Waals surface area (Å²) in [6.45, 7) is 4.70. The molecule has 0 fully saturated rings. The normalized spacial score (nSPS) is 11.2. The maximum Gasteiger partial charge on any atom is 0.274 e. The van der Waals surface area contributed by atoms with Gasteiger partial charge in [-0.05, 0) is 39.0 Å². The number of carbonyl (C=O) groups is 1. The zero-order valence-corrected chi connectivity index (χ0v) is 17.4. The van der Waals surface area contributed by atoms with Gasteiger partial charge in [-0.3, -0.25) is 19.2 Å². The van der Waals surface area contributed by atoms with Crippen LogP contribution in [0.25, 0.3) is 0 Å². The Kier molecular flexibility index (Phi) is 6.80. The van der Waals surface area contributed by atoms with E-state index in [2.05, 4.69) is 5.32 Å². The molecule has 0 spiro atoms. The minimum Gasteiger partial charge on any atom is -0.491 e. The predicted molar refractivity (Wildman–Crippen MR) is 111 cm³/mol. The summed E-state index contributed by atoms with van der Waals surface area (Å²) in [5, 5.41) is 13.6. The summed E-state index contributed by atoms with van der Waals surface area (Å²) in [6, 6.07) is 10.7. The highest BCUT2D eigenvalue weighted by Gasteiger charge is 2.22. The van der Waals surface area contributed by atoms with Crippen LogP contribution < -0.4 is 14.4 Å². The van der Waals surface area contributed by atoms with E-state index < -0.39 is 27.4 Å². The van der Waals surface area contributed by atoms with E-state index in [4.69, 9.17) is 4.74 Å². The molecule has 0 radical (unpaired) electrons. The summed E-state index contributed by atoms with van der Waals surface area (Å²) in [5.74, 6) is -0.157. The Hall–Kier alpha value is -3.14. The first-order chi connectivity index (χ1) is 13.5. The number of nitrogens with zero attached hydrogens (tertiary/aromatic N) is 2. The molecule has 0 saturated carbocycles. The molecule has 0 saturated heterocycles. The van der Waals surface area contributed by atoms with Crippen molar-refractivity contribution in [3.05, 3.63) is 58.1 Å². The van der Waals surface area contributed by atoms with E-state index in [-0.39, 0.29) is 28.7 Å². The molecule has 0 bridgehead atoms. The molecular weight excluding hydrogens is 398 g/mol. The van der Waals surface area contributed by atoms with Crippen LogP contribution in [0.1, 0.15) is 19.4 Å². The fourth-order valence-corrected chi connectivity index (χ4v) is 3.51. The van der Waals surface area contributed by atoms with Crippen LogP contribution in [0.4, 0.5) is 17.1 Å². The Morgan fingerprint density at radius 3 is 2.48 bits per heavy atom. The first kappa shape index (κ1) is 22.2. The highest BCUT2D eigenvalue weighted by atomic mass is 32.2. The van der Waals surface area contributed by atoms with Crippen molar-refractivity contribution < 1.29 is 22.9 Å². The van der Waals surface area contributed by atoms with Gasteiger partial charge in [0.25, 0.3) is 5.69 Å². The predicted octanol–water partition coefficient (Wildman–Crippen LogP) is 3.10. The number of rotatable bonds is 8. The van der Waals surface area contributed by atoms with Gasteiger partial charge in [0.1, 0.15) is 12.3 Å². The van der Waals surface area contributed by atoms with E-state index in [1.807, 2.05) is 13.8 Å². The Bertz CT molecular complexity index is 1020. The number of nitro benzene ring substituents is 1. The van der Waals surface area contributed by atoms with Gasteiger partial charge in [0, 0.05) is 12.1 Å². The molecule has 0 aliphatic rings. The minimum absolute atomic E-state index is 0.0999. The summed E-state index contributed by atoms with van der Waals surface area (Å²) in [4.78, 5) is 23.0. The number of amides is 1. The van der Waals surface area contributed by atoms with Crippen molar-refractivity contribution in [1.82, 2.24) is 0 Å². The largest absolute Gasteiger partial charge is 0.491 e. The number of benzene rings is 2. The minimum atomic E-state index is -3.77. The molecule has 0 aliphatic heterocycles. The Morgan fingerprint density at radius 1 is 1.24 bits per heavy atom. The molecule has 10 heteroatoms. The van der Waals surface area contributed by atoms with Crippen LogP contribution in [0.15, 0.2) is 42.5 Å². The fourth-order valence-electron chi connectivity index (χ4n) is 2.66. The number of carbonyl (C=O) groups excluding carboxylic acids is 1. The van der Waals surface area contributed by atoms with Crippen molar-refractivity contribution in [1.29, 1.82) is 0 Å². The lowest BCUT2D eigenvalue weighted by Gasteiger charge is -2.23. The van der Waals surface area contributed by atoms with Crippen molar-refractivity contribution >= 4 is 33.0 Å². The summed E-state index contributed by atoms with van der Waals surface area (Å²) in [5.41, 5.74) is 0.663. The Labute approximate surface area is 169 Å². The van der Waals surface area contributed by atoms with Gasteiger partial charge in [-0.1, -0.05) is 12.1 Å². The monoisotopic (exact) mass is 421 g/mol. The smallest absolute Gasteiger partial charge is 0.274 e. The van der Waals surface area contributed by atoms with Gasteiger partial charge in [-0.25, -0.2) is 8.42 Å². The first-order valence-electron chi connectivity index (χ1n) is 8.77. The zero-order chi connectivity index (χ0) is 21.8. The van der Waals surface area contributed by atoms with Crippen LogP contribution in [-0.4, -0.2) is 38.2 Å². The topological polar surface area (TPSA) is 119 Å². The lowest BCUT2D eigenvalue weighted by molar-refractivity contribution is -0.385. The average Bonchev–Trinajstić information content (AvgIpc) is 2.60. The number of anilines is 2. The van der Waals surface area contributed by atoms with Crippen molar-refractivity contribution in [2.45, 2.75) is 26.9 Å². The molecule has 2 aromatic carbocycles. The van der Waals surface area contributed by atoms with Gasteiger partial charge < -0.3 is 10.1 Å². The third-order valence-electron chi connectivity index (χ3n) is 3.94. The third kappa shape index (κ3) is 5.92. The quantitative estimate of drug-likeness (QED) is 0.517. The van der Waals surface area contributed by atoms with Gasteiger partial charge in [0.15, 0.2) is 0 Å². The molecule has 0 aromatic heterocycles. The first-order valence-corrected chi connectivity index (χ1v) is 10.6. The Balaban J connectivity index is 2.27. The van der Waals surface area contributed by atoms with Gasteiger partial charge in [-0.15, -0.1) is 0 Å². The van der Waals surface area contributed by atoms with E-state index >= 15 is 0 Å². The van der Waals surface area contributed by atoms with Crippen LogP contribution in [0.5, 0.6) is 5.75 Å². The molecule has 0 unspecified atom stereocenters. The van der Waals surface area contributed by atoms with Crippen LogP contribution in [0, 0.1) is 17.0 Å². The van der Waals surface area contributed by atoms with Crippen LogP contribution in [0.2, 0.25) is 0 Å². The van der Waals surface area contributed by atoms with E-state index in [1.165, 1.54) is 31.2 Å². The lowest BCUT2D eigenvalue weighted by Crippen LogP contribution is -2.37. The summed E-state index contributed by atoms with van der Waals surface area (Å²) < 4.78 is 31.1. The molecule has 29 heavy (non-hydrogen) atoms. The highest BCUT2D eigenvalue weighted by molar-refractivity contribution is 7.92. The number of hydrogen-bond donors (Lipinski definition) is 1. The number of hydrogen-bond acceptors (Lipinski definition) is 6. The summed E-state index contributed by atoms with van der Waals surface area (Å²) in [6.07, 6.45) is 0.895. The fraction of sp³-hybridized carbons (Fsp3) is 0.316. The molecule has 0 heterocycles. The molecular formula is C19H23N3O6S. The lowest BCUT2D eigenvalue weighted by atomic mass is 10.1. The van der Waals surface area contributed by atoms with E-state index in [9.17, 15) is 23.3 Å². The second-order valence-corrected chi connectivity index (χ2v) is 8.60. The number of nitrogens with one attached hydrogen (secondary N) is 1. The standard InChI is InChI=1S/C19H23N3O6S/c1-13(2)28-16-8-5-7-15(11-16)21(29(4,26)27)12-19(23)20-17-9-6-10-18(14(17)3)22(24)25/h5-11,13H,12H2,1-4H3,(H,20,23). The molecule has 156 valence electrons. The van der Waals surface area contributed by atoms with E-state index in [1.54, 1.807) is 18.2 Å². The van der Waals surface area contributed by atoms with Crippen molar-refractivity contribution in [3.8, 4) is 5.75 Å². The number of nitro groups is 1.